The first kappa shape index (κ1) is 30.2. The Kier molecular flexibility index (Phi) is 11.3. The van der Waals surface area contributed by atoms with E-state index in [0.29, 0.717) is 0 Å². The van der Waals surface area contributed by atoms with Crippen LogP contribution in [0.2, 0.25) is 0 Å². The zero-order valence-electron chi connectivity index (χ0n) is 11.9. The minimum absolute atomic E-state index is 0. The Morgan fingerprint density at radius 1 is 0.407 bits per heavy atom. The van der Waals surface area contributed by atoms with E-state index in [9.17, 15) is 71.9 Å². The van der Waals surface area contributed by atoms with Crippen LogP contribution in [-0.4, -0.2) is 47.8 Å². The fourth-order valence-electron chi connectivity index (χ4n) is 0.693. The molecule has 0 rings (SSSR count). The van der Waals surface area contributed by atoms with Gasteiger partial charge in [0.15, 0.2) is 0 Å². The van der Waals surface area contributed by atoms with Gasteiger partial charge in [0.05, 0.1) is 12.8 Å². The number of hydrogen-bond acceptors (Lipinski definition) is 4. The summed E-state index contributed by atoms with van der Waals surface area (Å²) in [5.74, 6) is -10.8. The molecule has 0 bridgehead atoms. The Hall–Kier alpha value is -1.54. The zero-order chi connectivity index (χ0) is 21.7. The third-order valence-corrected chi connectivity index (χ3v) is 1.91. The van der Waals surface area contributed by atoms with Gasteiger partial charge in [-0.15, -0.1) is 0 Å². The molecule has 17 heteroatoms. The van der Waals surface area contributed by atoms with Crippen LogP contribution < -0.4 is 0 Å². The first-order chi connectivity index (χ1) is 11.1. The monoisotopic (exact) mass is 518 g/mol. The molecule has 0 amide bonds. The van der Waals surface area contributed by atoms with E-state index in [2.05, 4.69) is 0 Å². The molecule has 0 aromatic carbocycles. The molecule has 158 valence electrons. The standard InChI is InChI=1S/2C5H2F6O2.Ru/c2*6-4(7,8)2(12)1-3(13)5(9,10)11;/h2*1H2;/q;;+2. The number of rotatable bonds is 4. The van der Waals surface area contributed by atoms with Crippen LogP contribution in [0.15, 0.2) is 0 Å². The normalized spacial score (nSPS) is 12.3. The zero-order valence-corrected chi connectivity index (χ0v) is 13.7. The molecule has 0 atom stereocenters. The van der Waals surface area contributed by atoms with Crippen LogP contribution in [0, 0.1) is 0 Å². The molecule has 0 saturated heterocycles. The average Bonchev–Trinajstić information content (AvgIpc) is 2.34. The predicted octanol–water partition coefficient (Wildman–Crippen LogP) is 3.28. The van der Waals surface area contributed by atoms with Crippen LogP contribution in [0.1, 0.15) is 12.8 Å². The van der Waals surface area contributed by atoms with E-state index >= 15 is 0 Å². The van der Waals surface area contributed by atoms with Gasteiger partial charge in [0.1, 0.15) is 0 Å². The van der Waals surface area contributed by atoms with E-state index in [1.54, 1.807) is 0 Å². The molecule has 0 aliphatic heterocycles. The maximum Gasteiger partial charge on any atom is 2.00 e. The Balaban J connectivity index is -0.000000411. The van der Waals surface area contributed by atoms with Crippen molar-refractivity contribution in [2.24, 2.45) is 0 Å². The van der Waals surface area contributed by atoms with Crippen molar-refractivity contribution >= 4 is 23.1 Å². The summed E-state index contributed by atoms with van der Waals surface area (Å²) in [6, 6.07) is 0. The SMILES string of the molecule is O=C(CC(=O)C(F)(F)F)C(F)(F)F.O=C(CC(=O)C(F)(F)F)C(F)(F)F.[Ru+2]. The first-order valence-corrected chi connectivity index (χ1v) is 5.50. The Labute approximate surface area is 153 Å². The minimum atomic E-state index is -5.40. The summed E-state index contributed by atoms with van der Waals surface area (Å²) in [6.45, 7) is 0. The summed E-state index contributed by atoms with van der Waals surface area (Å²) in [6.07, 6.45) is -26.0. The number of hydrogen-bond donors (Lipinski definition) is 0. The molecule has 0 spiro atoms. The van der Waals surface area contributed by atoms with Crippen LogP contribution in [0.4, 0.5) is 52.7 Å². The molecule has 27 heavy (non-hydrogen) atoms. The Bertz CT molecular complexity index is 456. The van der Waals surface area contributed by atoms with Gasteiger partial charge in [-0.1, -0.05) is 0 Å². The molecule has 0 N–H and O–H groups in total. The van der Waals surface area contributed by atoms with Gasteiger partial charge in [-0.3, -0.25) is 19.2 Å². The number of carbonyl (C=O) groups is 4. The van der Waals surface area contributed by atoms with E-state index < -0.39 is 60.7 Å². The molecule has 0 unspecified atom stereocenters. The van der Waals surface area contributed by atoms with Crippen molar-refractivity contribution in [3.8, 4) is 0 Å². The van der Waals surface area contributed by atoms with Crippen LogP contribution in [0.3, 0.4) is 0 Å². The van der Waals surface area contributed by atoms with Crippen LogP contribution in [0.25, 0.3) is 0 Å². The van der Waals surface area contributed by atoms with Crippen molar-refractivity contribution in [2.75, 3.05) is 0 Å². The number of alkyl halides is 12. The third kappa shape index (κ3) is 13.3. The van der Waals surface area contributed by atoms with E-state index in [1.807, 2.05) is 0 Å². The number of Topliss-reactive ketones (excluding diaryl/α,β-unsaturated/α-hetero) is 4. The molecule has 0 fully saturated rings. The van der Waals surface area contributed by atoms with Crippen molar-refractivity contribution in [3.05, 3.63) is 0 Å². The smallest absolute Gasteiger partial charge is 0.289 e. The molecular formula is C10H4F12O4Ru+2. The molecular weight excluding hydrogens is 513 g/mol. The first-order valence-electron chi connectivity index (χ1n) is 5.50. The molecule has 0 aromatic heterocycles. The van der Waals surface area contributed by atoms with E-state index in [-0.39, 0.29) is 19.5 Å². The number of ketones is 4. The van der Waals surface area contributed by atoms with Gasteiger partial charge in [-0.25, -0.2) is 0 Å². The van der Waals surface area contributed by atoms with Crippen molar-refractivity contribution in [1.82, 2.24) is 0 Å². The fourth-order valence-corrected chi connectivity index (χ4v) is 0.693. The summed E-state index contributed by atoms with van der Waals surface area (Å²) in [4.78, 5) is 39.5. The number of carbonyl (C=O) groups excluding carboxylic acids is 4. The average molecular weight is 517 g/mol. The van der Waals surface area contributed by atoms with Crippen molar-refractivity contribution < 1.29 is 91.3 Å². The summed E-state index contributed by atoms with van der Waals surface area (Å²) < 4.78 is 136. The van der Waals surface area contributed by atoms with Gasteiger partial charge < -0.3 is 0 Å². The summed E-state index contributed by atoms with van der Waals surface area (Å²) in [5.41, 5.74) is 0. The quantitative estimate of drug-likeness (QED) is 0.327. The second-order valence-corrected chi connectivity index (χ2v) is 4.04. The molecule has 0 saturated carbocycles. The maximum atomic E-state index is 11.3. The van der Waals surface area contributed by atoms with Crippen molar-refractivity contribution in [3.63, 3.8) is 0 Å². The molecule has 0 aliphatic carbocycles. The molecule has 0 radical (unpaired) electrons. The molecule has 0 aliphatic rings. The van der Waals surface area contributed by atoms with Gasteiger partial charge >= 0.3 is 44.2 Å². The molecule has 4 nitrogen and oxygen atoms in total. The van der Waals surface area contributed by atoms with Gasteiger partial charge in [0, 0.05) is 0 Å². The number of halogens is 12. The molecule has 0 aromatic rings. The summed E-state index contributed by atoms with van der Waals surface area (Å²) in [5, 5.41) is 0. The van der Waals surface area contributed by atoms with Gasteiger partial charge in [0.2, 0.25) is 23.1 Å². The van der Waals surface area contributed by atoms with Gasteiger partial charge in [-0.2, -0.15) is 52.7 Å². The largest absolute Gasteiger partial charge is 2.00 e. The molecule has 0 heterocycles. The van der Waals surface area contributed by atoms with Crippen molar-refractivity contribution in [2.45, 2.75) is 37.5 Å². The van der Waals surface area contributed by atoms with Crippen molar-refractivity contribution in [1.29, 1.82) is 0 Å². The second-order valence-electron chi connectivity index (χ2n) is 4.04. The summed E-state index contributed by atoms with van der Waals surface area (Å²) >= 11 is 0. The van der Waals surface area contributed by atoms with Crippen LogP contribution in [-0.2, 0) is 38.7 Å². The second kappa shape index (κ2) is 10.1. The van der Waals surface area contributed by atoms with Gasteiger partial charge in [0.25, 0.3) is 0 Å². The topological polar surface area (TPSA) is 68.3 Å². The Morgan fingerprint density at radius 3 is 0.593 bits per heavy atom. The Morgan fingerprint density at radius 2 is 0.519 bits per heavy atom. The maximum absolute atomic E-state index is 11.3. The summed E-state index contributed by atoms with van der Waals surface area (Å²) in [7, 11) is 0. The van der Waals surface area contributed by atoms with E-state index in [1.165, 1.54) is 0 Å². The van der Waals surface area contributed by atoms with Crippen LogP contribution >= 0.6 is 0 Å². The van der Waals surface area contributed by atoms with E-state index in [4.69, 9.17) is 0 Å². The third-order valence-electron chi connectivity index (χ3n) is 1.91. The predicted molar refractivity (Wildman–Crippen MR) is 53.5 cm³/mol. The fraction of sp³-hybridized carbons (Fsp3) is 0.600. The van der Waals surface area contributed by atoms with Gasteiger partial charge in [-0.05, 0) is 0 Å². The van der Waals surface area contributed by atoms with E-state index in [0.717, 1.165) is 0 Å². The van der Waals surface area contributed by atoms with Crippen LogP contribution in [0.5, 0.6) is 0 Å². The minimum Gasteiger partial charge on any atom is -0.289 e.